The highest BCUT2D eigenvalue weighted by Gasteiger charge is 2.34. The Hall–Kier alpha value is -1.16. The van der Waals surface area contributed by atoms with Crippen LogP contribution in [0.3, 0.4) is 0 Å². The Kier molecular flexibility index (Phi) is 3.24. The molecule has 108 valence electrons. The molecular formula is C15H17ClF2N2. The lowest BCUT2D eigenvalue weighted by Crippen LogP contribution is -2.11. The van der Waals surface area contributed by atoms with Gasteiger partial charge >= 0.3 is 0 Å². The van der Waals surface area contributed by atoms with Crippen LogP contribution in [0.25, 0.3) is 11.0 Å². The van der Waals surface area contributed by atoms with Crippen LogP contribution in [0.5, 0.6) is 0 Å². The van der Waals surface area contributed by atoms with Crippen LogP contribution in [0.2, 0.25) is 0 Å². The lowest BCUT2D eigenvalue weighted by atomic mass is 9.92. The Morgan fingerprint density at radius 2 is 2.15 bits per heavy atom. The second kappa shape index (κ2) is 4.69. The molecule has 2 nitrogen and oxygen atoms in total. The molecule has 0 N–H and O–H groups in total. The van der Waals surface area contributed by atoms with Crippen molar-refractivity contribution in [3.05, 3.63) is 29.6 Å². The molecule has 1 aliphatic carbocycles. The minimum Gasteiger partial charge on any atom is -0.324 e. The summed E-state index contributed by atoms with van der Waals surface area (Å²) < 4.78 is 29.3. The molecule has 1 saturated carbocycles. The van der Waals surface area contributed by atoms with Gasteiger partial charge in [0.1, 0.15) is 17.2 Å². The summed E-state index contributed by atoms with van der Waals surface area (Å²) in [5.74, 6) is -0.377. The second-order valence-electron chi connectivity index (χ2n) is 6.35. The van der Waals surface area contributed by atoms with Gasteiger partial charge in [-0.1, -0.05) is 13.8 Å². The molecule has 1 aliphatic rings. The molecule has 1 unspecified atom stereocenters. The number of alkyl halides is 1. The van der Waals surface area contributed by atoms with Gasteiger partial charge in [-0.25, -0.2) is 13.8 Å². The molecule has 1 atom stereocenters. The smallest absolute Gasteiger partial charge is 0.153 e. The SMILES string of the molecule is CC1(C)CCC(n2c(CCl)nc3c(F)cc(F)cc32)C1. The molecule has 5 heteroatoms. The van der Waals surface area contributed by atoms with Gasteiger partial charge in [0.15, 0.2) is 5.82 Å². The van der Waals surface area contributed by atoms with Crippen LogP contribution in [0, 0.1) is 17.0 Å². The summed E-state index contributed by atoms with van der Waals surface area (Å²) in [6, 6.07) is 2.44. The first-order valence-electron chi connectivity index (χ1n) is 6.83. The number of aromatic nitrogens is 2. The molecular weight excluding hydrogens is 282 g/mol. The summed E-state index contributed by atoms with van der Waals surface area (Å²) in [5, 5.41) is 0. The summed E-state index contributed by atoms with van der Waals surface area (Å²) in [6.07, 6.45) is 3.05. The number of nitrogens with zero attached hydrogens (tertiary/aromatic N) is 2. The van der Waals surface area contributed by atoms with Crippen LogP contribution in [-0.4, -0.2) is 9.55 Å². The monoisotopic (exact) mass is 298 g/mol. The third kappa shape index (κ3) is 2.20. The average molecular weight is 299 g/mol. The molecule has 0 saturated heterocycles. The van der Waals surface area contributed by atoms with Crippen molar-refractivity contribution in [2.24, 2.45) is 5.41 Å². The molecule has 0 amide bonds. The van der Waals surface area contributed by atoms with E-state index in [1.165, 1.54) is 6.07 Å². The number of rotatable bonds is 2. The van der Waals surface area contributed by atoms with Gasteiger partial charge < -0.3 is 4.57 Å². The quantitative estimate of drug-likeness (QED) is 0.728. The maximum Gasteiger partial charge on any atom is 0.153 e. The van der Waals surface area contributed by atoms with Crippen molar-refractivity contribution in [2.75, 3.05) is 0 Å². The van der Waals surface area contributed by atoms with E-state index >= 15 is 0 Å². The second-order valence-corrected chi connectivity index (χ2v) is 6.62. The number of imidazole rings is 1. The topological polar surface area (TPSA) is 17.8 Å². The minimum absolute atomic E-state index is 0.201. The molecule has 1 aromatic carbocycles. The largest absolute Gasteiger partial charge is 0.324 e. The van der Waals surface area contributed by atoms with E-state index in [0.717, 1.165) is 25.3 Å². The minimum atomic E-state index is -0.623. The van der Waals surface area contributed by atoms with E-state index in [-0.39, 0.29) is 22.9 Å². The maximum atomic E-state index is 13.9. The zero-order valence-corrected chi connectivity index (χ0v) is 12.3. The van der Waals surface area contributed by atoms with Crippen molar-refractivity contribution in [3.8, 4) is 0 Å². The lowest BCUT2D eigenvalue weighted by Gasteiger charge is -2.19. The van der Waals surface area contributed by atoms with Crippen molar-refractivity contribution in [1.82, 2.24) is 9.55 Å². The fourth-order valence-corrected chi connectivity index (χ4v) is 3.48. The van der Waals surface area contributed by atoms with Crippen molar-refractivity contribution in [2.45, 2.75) is 45.0 Å². The predicted octanol–water partition coefficient (Wildman–Crippen LogP) is 4.80. The summed E-state index contributed by atoms with van der Waals surface area (Å²) in [5.41, 5.74) is 0.976. The zero-order chi connectivity index (χ0) is 14.5. The third-order valence-corrected chi connectivity index (χ3v) is 4.45. The Morgan fingerprint density at radius 3 is 2.75 bits per heavy atom. The molecule has 0 bridgehead atoms. The van der Waals surface area contributed by atoms with Gasteiger partial charge in [-0.3, -0.25) is 0 Å². The molecule has 2 aromatic rings. The van der Waals surface area contributed by atoms with Crippen molar-refractivity contribution >= 4 is 22.6 Å². The first-order valence-corrected chi connectivity index (χ1v) is 7.36. The standard InChI is InChI=1S/C15H17ClF2N2/c1-15(2)4-3-10(7-15)20-12-6-9(17)5-11(18)14(12)19-13(20)8-16/h5-6,10H,3-4,7-8H2,1-2H3. The summed E-state index contributed by atoms with van der Waals surface area (Å²) in [6.45, 7) is 4.43. The first kappa shape index (κ1) is 13.8. The zero-order valence-electron chi connectivity index (χ0n) is 11.6. The number of benzene rings is 1. The van der Waals surface area contributed by atoms with E-state index in [4.69, 9.17) is 11.6 Å². The highest BCUT2D eigenvalue weighted by Crippen LogP contribution is 2.45. The van der Waals surface area contributed by atoms with Gasteiger partial charge in [0, 0.05) is 12.1 Å². The van der Waals surface area contributed by atoms with E-state index in [1.54, 1.807) is 0 Å². The Morgan fingerprint density at radius 1 is 1.40 bits per heavy atom. The Balaban J connectivity index is 2.18. The van der Waals surface area contributed by atoms with Crippen molar-refractivity contribution in [3.63, 3.8) is 0 Å². The Labute approximate surface area is 121 Å². The number of hydrogen-bond donors (Lipinski definition) is 0. The highest BCUT2D eigenvalue weighted by molar-refractivity contribution is 6.16. The van der Waals surface area contributed by atoms with Gasteiger partial charge in [0.2, 0.25) is 0 Å². The van der Waals surface area contributed by atoms with Crippen LogP contribution in [0.4, 0.5) is 8.78 Å². The van der Waals surface area contributed by atoms with Gasteiger partial charge in [-0.15, -0.1) is 11.6 Å². The van der Waals surface area contributed by atoms with Crippen molar-refractivity contribution in [1.29, 1.82) is 0 Å². The highest BCUT2D eigenvalue weighted by atomic mass is 35.5. The molecule has 20 heavy (non-hydrogen) atoms. The first-order chi connectivity index (χ1) is 9.41. The van der Waals surface area contributed by atoms with E-state index in [2.05, 4.69) is 18.8 Å². The van der Waals surface area contributed by atoms with E-state index < -0.39 is 11.6 Å². The van der Waals surface area contributed by atoms with Crippen molar-refractivity contribution < 1.29 is 8.78 Å². The lowest BCUT2D eigenvalue weighted by molar-refractivity contribution is 0.359. The van der Waals surface area contributed by atoms with Crippen LogP contribution in [0.1, 0.15) is 45.0 Å². The van der Waals surface area contributed by atoms with Crippen LogP contribution >= 0.6 is 11.6 Å². The van der Waals surface area contributed by atoms with Crippen LogP contribution in [0.15, 0.2) is 12.1 Å². The fourth-order valence-electron chi connectivity index (χ4n) is 3.29. The van der Waals surface area contributed by atoms with Gasteiger partial charge in [-0.05, 0) is 30.7 Å². The molecule has 1 aromatic heterocycles. The molecule has 0 aliphatic heterocycles. The number of fused-ring (bicyclic) bond motifs is 1. The summed E-state index contributed by atoms with van der Waals surface area (Å²) >= 11 is 5.95. The average Bonchev–Trinajstić information content (AvgIpc) is 2.89. The molecule has 3 rings (SSSR count). The molecule has 0 radical (unpaired) electrons. The predicted molar refractivity (Wildman–Crippen MR) is 75.9 cm³/mol. The molecule has 1 heterocycles. The van der Waals surface area contributed by atoms with Gasteiger partial charge in [0.25, 0.3) is 0 Å². The van der Waals surface area contributed by atoms with Gasteiger partial charge in [-0.2, -0.15) is 0 Å². The van der Waals surface area contributed by atoms with E-state index in [9.17, 15) is 8.78 Å². The normalized spacial score (nSPS) is 21.8. The number of hydrogen-bond acceptors (Lipinski definition) is 1. The summed E-state index contributed by atoms with van der Waals surface area (Å²) in [4.78, 5) is 4.25. The summed E-state index contributed by atoms with van der Waals surface area (Å²) in [7, 11) is 0. The van der Waals surface area contributed by atoms with E-state index in [0.29, 0.717) is 11.3 Å². The van der Waals surface area contributed by atoms with E-state index in [1.807, 2.05) is 4.57 Å². The molecule has 1 fully saturated rings. The molecule has 0 spiro atoms. The fraction of sp³-hybridized carbons (Fsp3) is 0.533. The maximum absolute atomic E-state index is 13.9. The van der Waals surface area contributed by atoms with Gasteiger partial charge in [0.05, 0.1) is 11.4 Å². The third-order valence-electron chi connectivity index (χ3n) is 4.21. The van der Waals surface area contributed by atoms with Crippen LogP contribution in [-0.2, 0) is 5.88 Å². The number of halogens is 3. The van der Waals surface area contributed by atoms with Crippen LogP contribution < -0.4 is 0 Å². The Bertz CT molecular complexity index is 663.